The minimum absolute atomic E-state index is 0.0445. The van der Waals surface area contributed by atoms with Crippen molar-refractivity contribution in [3.05, 3.63) is 24.3 Å². The summed E-state index contributed by atoms with van der Waals surface area (Å²) in [4.78, 5) is 11.2. The van der Waals surface area contributed by atoms with Crippen molar-refractivity contribution in [1.29, 1.82) is 0 Å². The number of ether oxygens (including phenoxy) is 1. The first-order chi connectivity index (χ1) is 7.90. The molecule has 1 aromatic carbocycles. The number of rotatable bonds is 5. The van der Waals surface area contributed by atoms with Gasteiger partial charge in [-0.05, 0) is 24.3 Å². The molecule has 1 aromatic rings. The maximum absolute atomic E-state index is 11.2. The van der Waals surface area contributed by atoms with Crippen molar-refractivity contribution in [3.63, 3.8) is 0 Å². The monoisotopic (exact) mass is 259 g/mol. The summed E-state index contributed by atoms with van der Waals surface area (Å²) in [6.07, 6.45) is 0. The maximum Gasteiger partial charge on any atom is 0.296 e. The minimum atomic E-state index is -3.78. The Morgan fingerprint density at radius 3 is 2.29 bits per heavy atom. The summed E-state index contributed by atoms with van der Waals surface area (Å²) < 4.78 is 28.2. The molecule has 0 saturated heterocycles. The quantitative estimate of drug-likeness (QED) is 0.685. The molecule has 0 saturated carbocycles. The molecule has 0 aliphatic rings. The third kappa shape index (κ3) is 5.29. The normalized spacial score (nSPS) is 10.9. The summed E-state index contributed by atoms with van der Waals surface area (Å²) in [5.74, 6) is -0.292. The molecule has 0 atom stereocenters. The van der Waals surface area contributed by atoms with Gasteiger partial charge in [0.05, 0.1) is 0 Å². The van der Waals surface area contributed by atoms with E-state index in [2.05, 4.69) is 14.8 Å². The lowest BCUT2D eigenvalue weighted by atomic mass is 10.3. The van der Waals surface area contributed by atoms with Crippen LogP contribution in [0.2, 0.25) is 0 Å². The first kappa shape index (κ1) is 13.4. The maximum atomic E-state index is 11.2. The summed E-state index contributed by atoms with van der Waals surface area (Å²) in [6, 6.07) is 6.04. The van der Waals surface area contributed by atoms with Crippen molar-refractivity contribution in [2.75, 3.05) is 23.8 Å². The molecule has 7 nitrogen and oxygen atoms in total. The standard InChI is InChI=1S/C9H13N3O4S/c1-16-6-9(13)11-7-2-4-8(5-3-7)12-17(10,14)15/h2-5,12H,6H2,1H3,(H,11,13)(H2,10,14,15). The fourth-order valence-electron chi connectivity index (χ4n) is 1.11. The largest absolute Gasteiger partial charge is 0.375 e. The molecular formula is C9H13N3O4S. The summed E-state index contributed by atoms with van der Waals surface area (Å²) in [6.45, 7) is -0.0445. The van der Waals surface area contributed by atoms with E-state index in [1.54, 1.807) is 12.1 Å². The molecule has 0 spiro atoms. The molecule has 0 unspecified atom stereocenters. The van der Waals surface area contributed by atoms with Crippen LogP contribution in [0, 0.1) is 0 Å². The highest BCUT2D eigenvalue weighted by Crippen LogP contribution is 2.13. The van der Waals surface area contributed by atoms with Crippen LogP contribution in [0.15, 0.2) is 24.3 Å². The fourth-order valence-corrected chi connectivity index (χ4v) is 1.58. The Balaban J connectivity index is 2.65. The van der Waals surface area contributed by atoms with E-state index < -0.39 is 10.2 Å². The Morgan fingerprint density at radius 2 is 1.82 bits per heavy atom. The van der Waals surface area contributed by atoms with Gasteiger partial charge in [0.25, 0.3) is 10.2 Å². The van der Waals surface area contributed by atoms with Crippen LogP contribution in [0.25, 0.3) is 0 Å². The molecule has 0 heterocycles. The first-order valence-corrected chi connectivity index (χ1v) is 6.15. The molecule has 17 heavy (non-hydrogen) atoms. The second kappa shape index (κ2) is 5.62. The lowest BCUT2D eigenvalue weighted by Gasteiger charge is -2.06. The van der Waals surface area contributed by atoms with E-state index in [0.29, 0.717) is 11.4 Å². The van der Waals surface area contributed by atoms with Crippen LogP contribution in [0.4, 0.5) is 11.4 Å². The molecule has 0 aromatic heterocycles. The van der Waals surface area contributed by atoms with Crippen molar-refractivity contribution in [2.45, 2.75) is 0 Å². The Bertz CT molecular complexity index is 483. The van der Waals surface area contributed by atoms with Crippen LogP contribution < -0.4 is 15.2 Å². The van der Waals surface area contributed by atoms with Crippen LogP contribution in [0.1, 0.15) is 0 Å². The summed E-state index contributed by atoms with van der Waals surface area (Å²) in [5.41, 5.74) is 0.851. The first-order valence-electron chi connectivity index (χ1n) is 4.60. The Labute approximate surface area is 99.1 Å². The summed E-state index contributed by atoms with van der Waals surface area (Å²) in [5, 5.41) is 7.36. The second-order valence-electron chi connectivity index (χ2n) is 3.21. The molecule has 4 N–H and O–H groups in total. The van der Waals surface area contributed by atoms with Gasteiger partial charge < -0.3 is 10.1 Å². The Morgan fingerprint density at radius 1 is 1.29 bits per heavy atom. The molecule has 94 valence electrons. The molecule has 0 aliphatic heterocycles. The molecule has 0 aliphatic carbocycles. The number of anilines is 2. The van der Waals surface area contributed by atoms with E-state index in [9.17, 15) is 13.2 Å². The number of amides is 1. The van der Waals surface area contributed by atoms with Crippen LogP contribution in [-0.4, -0.2) is 28.0 Å². The van der Waals surface area contributed by atoms with Gasteiger partial charge in [0.2, 0.25) is 5.91 Å². The third-order valence-corrected chi connectivity index (χ3v) is 2.22. The molecule has 8 heteroatoms. The van der Waals surface area contributed by atoms with Crippen molar-refractivity contribution >= 4 is 27.5 Å². The zero-order valence-electron chi connectivity index (χ0n) is 9.14. The number of carbonyl (C=O) groups excluding carboxylic acids is 1. The SMILES string of the molecule is COCC(=O)Nc1ccc(NS(N)(=O)=O)cc1. The van der Waals surface area contributed by atoms with Crippen LogP contribution in [0.3, 0.4) is 0 Å². The van der Waals surface area contributed by atoms with Gasteiger partial charge in [0.1, 0.15) is 6.61 Å². The van der Waals surface area contributed by atoms with Crippen molar-refractivity contribution in [2.24, 2.45) is 5.14 Å². The summed E-state index contributed by atoms with van der Waals surface area (Å²) in [7, 11) is -2.36. The lowest BCUT2D eigenvalue weighted by Crippen LogP contribution is -2.21. The van der Waals surface area contributed by atoms with Gasteiger partial charge in [-0.2, -0.15) is 8.42 Å². The molecule has 0 fully saturated rings. The number of nitrogens with one attached hydrogen (secondary N) is 2. The molecular weight excluding hydrogens is 246 g/mol. The second-order valence-corrected chi connectivity index (χ2v) is 4.50. The zero-order chi connectivity index (χ0) is 12.9. The van der Waals surface area contributed by atoms with Crippen LogP contribution in [0.5, 0.6) is 0 Å². The molecule has 1 amide bonds. The zero-order valence-corrected chi connectivity index (χ0v) is 9.95. The fraction of sp³-hybridized carbons (Fsp3) is 0.222. The number of carbonyl (C=O) groups is 1. The van der Waals surface area contributed by atoms with E-state index >= 15 is 0 Å². The van der Waals surface area contributed by atoms with Gasteiger partial charge in [0, 0.05) is 18.5 Å². The number of hydrogen-bond acceptors (Lipinski definition) is 4. The van der Waals surface area contributed by atoms with E-state index in [0.717, 1.165) is 0 Å². The highest BCUT2D eigenvalue weighted by atomic mass is 32.2. The highest BCUT2D eigenvalue weighted by molar-refractivity contribution is 7.90. The van der Waals surface area contributed by atoms with E-state index in [1.807, 2.05) is 0 Å². The lowest BCUT2D eigenvalue weighted by molar-refractivity contribution is -0.119. The minimum Gasteiger partial charge on any atom is -0.375 e. The van der Waals surface area contributed by atoms with Gasteiger partial charge in [-0.25, -0.2) is 5.14 Å². The summed E-state index contributed by atoms with van der Waals surface area (Å²) >= 11 is 0. The Kier molecular flexibility index (Phi) is 4.44. The topological polar surface area (TPSA) is 111 Å². The number of nitrogens with two attached hydrogens (primary N) is 1. The van der Waals surface area contributed by atoms with Gasteiger partial charge >= 0.3 is 0 Å². The van der Waals surface area contributed by atoms with Crippen molar-refractivity contribution < 1.29 is 17.9 Å². The predicted octanol–water partition coefficient (Wildman–Crippen LogP) is -0.113. The van der Waals surface area contributed by atoms with Gasteiger partial charge in [-0.3, -0.25) is 9.52 Å². The number of hydrogen-bond donors (Lipinski definition) is 3. The highest BCUT2D eigenvalue weighted by Gasteiger charge is 2.03. The van der Waals surface area contributed by atoms with Gasteiger partial charge in [-0.15, -0.1) is 0 Å². The van der Waals surface area contributed by atoms with Gasteiger partial charge in [-0.1, -0.05) is 0 Å². The van der Waals surface area contributed by atoms with Gasteiger partial charge in [0.15, 0.2) is 0 Å². The van der Waals surface area contributed by atoms with Crippen LogP contribution >= 0.6 is 0 Å². The smallest absolute Gasteiger partial charge is 0.296 e. The van der Waals surface area contributed by atoms with Crippen molar-refractivity contribution in [1.82, 2.24) is 0 Å². The average Bonchev–Trinajstić information content (AvgIpc) is 2.19. The molecule has 1 rings (SSSR count). The van der Waals surface area contributed by atoms with E-state index in [4.69, 9.17) is 5.14 Å². The molecule has 0 radical (unpaired) electrons. The Hall–Kier alpha value is -1.64. The van der Waals surface area contributed by atoms with Crippen LogP contribution in [-0.2, 0) is 19.7 Å². The van der Waals surface area contributed by atoms with E-state index in [1.165, 1.54) is 19.2 Å². The number of methoxy groups -OCH3 is 1. The average molecular weight is 259 g/mol. The van der Waals surface area contributed by atoms with E-state index in [-0.39, 0.29) is 12.5 Å². The number of benzene rings is 1. The van der Waals surface area contributed by atoms with Crippen molar-refractivity contribution in [3.8, 4) is 0 Å². The molecule has 0 bridgehead atoms. The third-order valence-electron chi connectivity index (χ3n) is 1.70. The predicted molar refractivity (Wildman–Crippen MR) is 63.7 cm³/mol.